The average Bonchev–Trinajstić information content (AvgIpc) is 2.45. The summed E-state index contributed by atoms with van der Waals surface area (Å²) in [4.78, 5) is 1.12. The van der Waals surface area contributed by atoms with Crippen LogP contribution in [-0.4, -0.2) is 13.2 Å². The number of halogens is 1. The normalized spacial score (nSPS) is 13.2. The molecule has 0 fully saturated rings. The molecule has 0 radical (unpaired) electrons. The molecule has 20 heavy (non-hydrogen) atoms. The van der Waals surface area contributed by atoms with Gasteiger partial charge in [0.25, 0.3) is 0 Å². The fourth-order valence-corrected chi connectivity index (χ4v) is 3.20. The van der Waals surface area contributed by atoms with Crippen LogP contribution in [-0.2, 0) is 5.75 Å². The Morgan fingerprint density at radius 1 is 1.10 bits per heavy atom. The van der Waals surface area contributed by atoms with Gasteiger partial charge in [-0.15, -0.1) is 11.8 Å². The first-order valence-electron chi connectivity index (χ1n) is 6.29. The topological polar surface area (TPSA) is 44.5 Å². The van der Waals surface area contributed by atoms with Gasteiger partial charge in [0.15, 0.2) is 11.5 Å². The van der Waals surface area contributed by atoms with Crippen molar-refractivity contribution in [1.29, 1.82) is 0 Å². The van der Waals surface area contributed by atoms with E-state index in [1.165, 1.54) is 0 Å². The highest BCUT2D eigenvalue weighted by Crippen LogP contribution is 2.36. The Hall–Kier alpha value is -1.52. The van der Waals surface area contributed by atoms with Gasteiger partial charge in [-0.3, -0.25) is 0 Å². The molecule has 0 saturated heterocycles. The molecule has 1 heterocycles. The molecule has 0 amide bonds. The van der Waals surface area contributed by atoms with E-state index in [1.807, 2.05) is 36.4 Å². The minimum Gasteiger partial charge on any atom is -0.486 e. The molecule has 5 heteroatoms. The third-order valence-corrected chi connectivity index (χ3v) is 4.27. The summed E-state index contributed by atoms with van der Waals surface area (Å²) in [6.07, 6.45) is 0. The van der Waals surface area contributed by atoms with Crippen molar-refractivity contribution in [3.63, 3.8) is 0 Å². The van der Waals surface area contributed by atoms with E-state index in [2.05, 4.69) is 0 Å². The first-order chi connectivity index (χ1) is 9.72. The summed E-state index contributed by atoms with van der Waals surface area (Å²) in [5, 5.41) is 0.741. The van der Waals surface area contributed by atoms with Crippen molar-refractivity contribution in [2.24, 2.45) is 0 Å². The van der Waals surface area contributed by atoms with E-state index in [4.69, 9.17) is 26.8 Å². The zero-order chi connectivity index (χ0) is 13.9. The SMILES string of the molecule is Nc1cc2c(cc1CSc1cccc(Cl)c1)OCCO2. The Balaban J connectivity index is 1.77. The summed E-state index contributed by atoms with van der Waals surface area (Å²) in [7, 11) is 0. The van der Waals surface area contributed by atoms with E-state index in [9.17, 15) is 0 Å². The molecule has 0 aliphatic carbocycles. The third-order valence-electron chi connectivity index (χ3n) is 2.99. The Labute approximate surface area is 127 Å². The second-order valence-electron chi connectivity index (χ2n) is 4.44. The highest BCUT2D eigenvalue weighted by Gasteiger charge is 2.14. The predicted molar refractivity (Wildman–Crippen MR) is 82.9 cm³/mol. The van der Waals surface area contributed by atoms with Crippen molar-refractivity contribution in [2.45, 2.75) is 10.6 Å². The Kier molecular flexibility index (Phi) is 3.94. The summed E-state index contributed by atoms with van der Waals surface area (Å²) in [6, 6.07) is 11.6. The molecular weight excluding hydrogens is 294 g/mol. The Morgan fingerprint density at radius 3 is 2.60 bits per heavy atom. The molecule has 1 aliphatic heterocycles. The number of fused-ring (bicyclic) bond motifs is 1. The minimum atomic E-state index is 0.572. The summed E-state index contributed by atoms with van der Waals surface area (Å²) >= 11 is 7.67. The van der Waals surface area contributed by atoms with E-state index in [-0.39, 0.29) is 0 Å². The molecular formula is C15H14ClNO2S. The smallest absolute Gasteiger partial charge is 0.163 e. The zero-order valence-corrected chi connectivity index (χ0v) is 12.3. The quantitative estimate of drug-likeness (QED) is 0.688. The molecule has 0 aromatic heterocycles. The van der Waals surface area contributed by atoms with Gasteiger partial charge in [-0.25, -0.2) is 0 Å². The summed E-state index contributed by atoms with van der Waals surface area (Å²) in [5.41, 5.74) is 7.83. The lowest BCUT2D eigenvalue weighted by atomic mass is 10.2. The molecule has 0 bridgehead atoms. The fraction of sp³-hybridized carbons (Fsp3) is 0.200. The van der Waals surface area contributed by atoms with E-state index < -0.39 is 0 Å². The predicted octanol–water partition coefficient (Wildman–Crippen LogP) is 3.99. The van der Waals surface area contributed by atoms with Crippen LogP contribution in [0.4, 0.5) is 5.69 Å². The van der Waals surface area contributed by atoms with Crippen LogP contribution in [0.3, 0.4) is 0 Å². The number of hydrogen-bond donors (Lipinski definition) is 1. The summed E-state index contributed by atoms with van der Waals surface area (Å²) in [5.74, 6) is 2.26. The van der Waals surface area contributed by atoms with Crippen LogP contribution < -0.4 is 15.2 Å². The monoisotopic (exact) mass is 307 g/mol. The van der Waals surface area contributed by atoms with Crippen LogP contribution in [0.2, 0.25) is 5.02 Å². The van der Waals surface area contributed by atoms with Gasteiger partial charge < -0.3 is 15.2 Å². The molecule has 104 valence electrons. The van der Waals surface area contributed by atoms with Crippen LogP contribution in [0.15, 0.2) is 41.3 Å². The number of anilines is 1. The lowest BCUT2D eigenvalue weighted by Gasteiger charge is -2.20. The summed E-state index contributed by atoms with van der Waals surface area (Å²) < 4.78 is 11.1. The van der Waals surface area contributed by atoms with E-state index in [1.54, 1.807) is 11.8 Å². The Morgan fingerprint density at radius 2 is 1.85 bits per heavy atom. The molecule has 2 aromatic rings. The second kappa shape index (κ2) is 5.85. The van der Waals surface area contributed by atoms with Crippen LogP contribution in [0, 0.1) is 0 Å². The molecule has 3 nitrogen and oxygen atoms in total. The van der Waals surface area contributed by atoms with Gasteiger partial charge >= 0.3 is 0 Å². The van der Waals surface area contributed by atoms with Crippen molar-refractivity contribution in [3.8, 4) is 11.5 Å². The van der Waals surface area contributed by atoms with Crippen molar-refractivity contribution >= 4 is 29.1 Å². The van der Waals surface area contributed by atoms with Gasteiger partial charge in [-0.2, -0.15) is 0 Å². The number of benzene rings is 2. The molecule has 1 aliphatic rings. The van der Waals surface area contributed by atoms with Gasteiger partial charge in [-0.1, -0.05) is 17.7 Å². The standard InChI is InChI=1S/C15H14ClNO2S/c16-11-2-1-3-12(7-11)20-9-10-6-14-15(8-13(10)17)19-5-4-18-14/h1-3,6-8H,4-5,9,17H2. The maximum Gasteiger partial charge on any atom is 0.163 e. The number of rotatable bonds is 3. The molecule has 2 N–H and O–H groups in total. The minimum absolute atomic E-state index is 0.572. The lowest BCUT2D eigenvalue weighted by molar-refractivity contribution is 0.171. The third kappa shape index (κ3) is 2.97. The van der Waals surface area contributed by atoms with Crippen LogP contribution in [0.1, 0.15) is 5.56 Å². The first kappa shape index (κ1) is 13.5. The number of thioether (sulfide) groups is 1. The van der Waals surface area contributed by atoms with Gasteiger partial charge in [-0.05, 0) is 29.8 Å². The van der Waals surface area contributed by atoms with Crippen molar-refractivity contribution in [1.82, 2.24) is 0 Å². The molecule has 0 atom stereocenters. The highest BCUT2D eigenvalue weighted by molar-refractivity contribution is 7.98. The number of hydrogen-bond acceptors (Lipinski definition) is 4. The molecule has 0 unspecified atom stereocenters. The first-order valence-corrected chi connectivity index (χ1v) is 7.65. The number of ether oxygens (including phenoxy) is 2. The maximum absolute atomic E-state index is 6.06. The van der Waals surface area contributed by atoms with Crippen molar-refractivity contribution in [3.05, 3.63) is 47.0 Å². The maximum atomic E-state index is 6.06. The van der Waals surface area contributed by atoms with Gasteiger partial charge in [0, 0.05) is 27.4 Å². The fourth-order valence-electron chi connectivity index (χ4n) is 1.99. The van der Waals surface area contributed by atoms with Crippen molar-refractivity contribution < 1.29 is 9.47 Å². The van der Waals surface area contributed by atoms with E-state index in [0.717, 1.165) is 38.4 Å². The second-order valence-corrected chi connectivity index (χ2v) is 5.93. The van der Waals surface area contributed by atoms with E-state index >= 15 is 0 Å². The van der Waals surface area contributed by atoms with Gasteiger partial charge in [0.05, 0.1) is 0 Å². The van der Waals surface area contributed by atoms with Crippen LogP contribution in [0.25, 0.3) is 0 Å². The molecule has 2 aromatic carbocycles. The van der Waals surface area contributed by atoms with Crippen LogP contribution in [0.5, 0.6) is 11.5 Å². The molecule has 0 spiro atoms. The molecule has 0 saturated carbocycles. The molecule has 3 rings (SSSR count). The van der Waals surface area contributed by atoms with Crippen molar-refractivity contribution in [2.75, 3.05) is 18.9 Å². The Bertz CT molecular complexity index is 633. The lowest BCUT2D eigenvalue weighted by Crippen LogP contribution is -2.15. The van der Waals surface area contributed by atoms with Crippen LogP contribution >= 0.6 is 23.4 Å². The summed E-state index contributed by atoms with van der Waals surface area (Å²) in [6.45, 7) is 1.15. The highest BCUT2D eigenvalue weighted by atomic mass is 35.5. The number of nitrogens with two attached hydrogens (primary N) is 1. The van der Waals surface area contributed by atoms with E-state index in [0.29, 0.717) is 13.2 Å². The van der Waals surface area contributed by atoms with Gasteiger partial charge in [0.1, 0.15) is 13.2 Å². The van der Waals surface area contributed by atoms with Gasteiger partial charge in [0.2, 0.25) is 0 Å². The zero-order valence-electron chi connectivity index (χ0n) is 10.8. The average molecular weight is 308 g/mol. The number of nitrogen functional groups attached to an aromatic ring is 1. The largest absolute Gasteiger partial charge is 0.486 e.